The summed E-state index contributed by atoms with van der Waals surface area (Å²) in [5.74, 6) is 0. The molecular formula is C12H20N2. The maximum absolute atomic E-state index is 5.52. The number of benzene rings is 1. The van der Waals surface area contributed by atoms with E-state index < -0.39 is 0 Å². The number of hydrogen-bond donors (Lipinski definition) is 2. The number of unbranched alkanes of at least 4 members (excludes halogenated alkanes) is 2. The second-order valence-electron chi connectivity index (χ2n) is 3.53. The maximum atomic E-state index is 5.52. The molecule has 0 heterocycles. The minimum absolute atomic E-state index is 0.621. The van der Waals surface area contributed by atoms with Crippen molar-refractivity contribution in [1.82, 2.24) is 0 Å². The Kier molecular flexibility index (Phi) is 5.08. The van der Waals surface area contributed by atoms with Gasteiger partial charge in [-0.1, -0.05) is 31.9 Å². The van der Waals surface area contributed by atoms with Crippen LogP contribution in [-0.4, -0.2) is 6.54 Å². The van der Waals surface area contributed by atoms with Crippen molar-refractivity contribution in [2.75, 3.05) is 11.9 Å². The average molecular weight is 192 g/mol. The van der Waals surface area contributed by atoms with E-state index in [0.29, 0.717) is 6.54 Å². The summed E-state index contributed by atoms with van der Waals surface area (Å²) in [6, 6.07) is 8.33. The molecule has 0 atom stereocenters. The van der Waals surface area contributed by atoms with Crippen molar-refractivity contribution >= 4 is 5.69 Å². The predicted molar refractivity (Wildman–Crippen MR) is 62.3 cm³/mol. The van der Waals surface area contributed by atoms with Gasteiger partial charge in [0.1, 0.15) is 0 Å². The zero-order chi connectivity index (χ0) is 10.2. The average Bonchev–Trinajstić information content (AvgIpc) is 2.25. The summed E-state index contributed by atoms with van der Waals surface area (Å²) in [7, 11) is 0. The lowest BCUT2D eigenvalue weighted by atomic mass is 10.2. The van der Waals surface area contributed by atoms with Crippen LogP contribution in [0.1, 0.15) is 31.7 Å². The second-order valence-corrected chi connectivity index (χ2v) is 3.53. The third-order valence-electron chi connectivity index (χ3n) is 2.30. The molecule has 0 amide bonds. The first-order valence-corrected chi connectivity index (χ1v) is 5.39. The van der Waals surface area contributed by atoms with E-state index in [4.69, 9.17) is 5.73 Å². The molecule has 0 saturated heterocycles. The summed E-state index contributed by atoms with van der Waals surface area (Å²) in [4.78, 5) is 0. The molecule has 2 heteroatoms. The lowest BCUT2D eigenvalue weighted by Gasteiger charge is -2.06. The van der Waals surface area contributed by atoms with Crippen molar-refractivity contribution in [1.29, 1.82) is 0 Å². The van der Waals surface area contributed by atoms with Gasteiger partial charge in [0, 0.05) is 18.8 Å². The molecule has 0 fully saturated rings. The number of anilines is 1. The fraction of sp³-hybridized carbons (Fsp3) is 0.500. The van der Waals surface area contributed by atoms with Crippen molar-refractivity contribution in [3.8, 4) is 0 Å². The monoisotopic (exact) mass is 192 g/mol. The molecular weight excluding hydrogens is 172 g/mol. The Morgan fingerprint density at radius 2 is 1.86 bits per heavy atom. The van der Waals surface area contributed by atoms with Crippen molar-refractivity contribution in [3.05, 3.63) is 29.8 Å². The summed E-state index contributed by atoms with van der Waals surface area (Å²) >= 11 is 0. The van der Waals surface area contributed by atoms with Gasteiger partial charge in [-0.25, -0.2) is 0 Å². The third-order valence-corrected chi connectivity index (χ3v) is 2.30. The van der Waals surface area contributed by atoms with E-state index in [0.717, 1.165) is 6.54 Å². The van der Waals surface area contributed by atoms with Crippen LogP contribution in [0.5, 0.6) is 0 Å². The molecule has 0 bridgehead atoms. The molecule has 0 aromatic heterocycles. The van der Waals surface area contributed by atoms with Gasteiger partial charge < -0.3 is 11.1 Å². The normalized spacial score (nSPS) is 10.1. The van der Waals surface area contributed by atoms with Crippen LogP contribution >= 0.6 is 0 Å². The van der Waals surface area contributed by atoms with Crippen LogP contribution in [0.3, 0.4) is 0 Å². The molecule has 0 unspecified atom stereocenters. The minimum atomic E-state index is 0.621. The van der Waals surface area contributed by atoms with E-state index in [1.165, 1.54) is 30.5 Å². The topological polar surface area (TPSA) is 38.0 Å². The highest BCUT2D eigenvalue weighted by Crippen LogP contribution is 2.09. The van der Waals surface area contributed by atoms with Crippen LogP contribution < -0.4 is 11.1 Å². The largest absolute Gasteiger partial charge is 0.385 e. The van der Waals surface area contributed by atoms with Gasteiger partial charge in [0.05, 0.1) is 0 Å². The highest BCUT2D eigenvalue weighted by Gasteiger charge is 1.92. The Bertz CT molecular complexity index is 241. The Morgan fingerprint density at radius 3 is 2.43 bits per heavy atom. The molecule has 1 rings (SSSR count). The molecule has 14 heavy (non-hydrogen) atoms. The van der Waals surface area contributed by atoms with Gasteiger partial charge in [-0.3, -0.25) is 0 Å². The molecule has 3 N–H and O–H groups in total. The SMILES string of the molecule is CCCCCNc1ccc(CN)cc1. The Balaban J connectivity index is 2.29. The van der Waals surface area contributed by atoms with Crippen molar-refractivity contribution in [2.24, 2.45) is 5.73 Å². The van der Waals surface area contributed by atoms with Crippen LogP contribution in [0.25, 0.3) is 0 Å². The van der Waals surface area contributed by atoms with Crippen molar-refractivity contribution in [2.45, 2.75) is 32.7 Å². The standard InChI is InChI=1S/C12H20N2/c1-2-3-4-9-14-12-7-5-11(10-13)6-8-12/h5-8,14H,2-4,9-10,13H2,1H3. The first-order chi connectivity index (χ1) is 6.86. The fourth-order valence-electron chi connectivity index (χ4n) is 1.37. The number of nitrogens with two attached hydrogens (primary N) is 1. The van der Waals surface area contributed by atoms with Gasteiger partial charge in [0.15, 0.2) is 0 Å². The zero-order valence-corrected chi connectivity index (χ0v) is 8.92. The van der Waals surface area contributed by atoms with Gasteiger partial charge >= 0.3 is 0 Å². The number of nitrogens with one attached hydrogen (secondary N) is 1. The number of hydrogen-bond acceptors (Lipinski definition) is 2. The maximum Gasteiger partial charge on any atom is 0.0340 e. The minimum Gasteiger partial charge on any atom is -0.385 e. The first kappa shape index (κ1) is 11.1. The van der Waals surface area contributed by atoms with E-state index in [-0.39, 0.29) is 0 Å². The van der Waals surface area contributed by atoms with Crippen molar-refractivity contribution < 1.29 is 0 Å². The van der Waals surface area contributed by atoms with Crippen LogP contribution in [0.2, 0.25) is 0 Å². The predicted octanol–water partition coefficient (Wildman–Crippen LogP) is 2.75. The summed E-state index contributed by atoms with van der Waals surface area (Å²) < 4.78 is 0. The van der Waals surface area contributed by atoms with E-state index in [2.05, 4.69) is 36.5 Å². The summed E-state index contributed by atoms with van der Waals surface area (Å²) in [6.07, 6.45) is 3.82. The molecule has 0 spiro atoms. The molecule has 2 nitrogen and oxygen atoms in total. The van der Waals surface area contributed by atoms with Gasteiger partial charge in [0.2, 0.25) is 0 Å². The molecule has 0 aliphatic carbocycles. The Hall–Kier alpha value is -1.02. The van der Waals surface area contributed by atoms with Crippen LogP contribution in [0.15, 0.2) is 24.3 Å². The van der Waals surface area contributed by atoms with Gasteiger partial charge in [0.25, 0.3) is 0 Å². The zero-order valence-electron chi connectivity index (χ0n) is 8.92. The number of rotatable bonds is 6. The molecule has 0 aliphatic rings. The molecule has 0 radical (unpaired) electrons. The second kappa shape index (κ2) is 6.44. The van der Waals surface area contributed by atoms with Gasteiger partial charge in [-0.15, -0.1) is 0 Å². The van der Waals surface area contributed by atoms with Gasteiger partial charge in [-0.05, 0) is 24.1 Å². The van der Waals surface area contributed by atoms with E-state index in [1.54, 1.807) is 0 Å². The van der Waals surface area contributed by atoms with E-state index in [9.17, 15) is 0 Å². The highest BCUT2D eigenvalue weighted by atomic mass is 14.9. The van der Waals surface area contributed by atoms with Crippen LogP contribution in [-0.2, 0) is 6.54 Å². The van der Waals surface area contributed by atoms with E-state index in [1.807, 2.05) is 0 Å². The third kappa shape index (κ3) is 3.79. The molecule has 1 aromatic rings. The molecule has 0 saturated carbocycles. The molecule has 78 valence electrons. The van der Waals surface area contributed by atoms with Crippen LogP contribution in [0, 0.1) is 0 Å². The van der Waals surface area contributed by atoms with Crippen LogP contribution in [0.4, 0.5) is 5.69 Å². The van der Waals surface area contributed by atoms with E-state index >= 15 is 0 Å². The van der Waals surface area contributed by atoms with Crippen molar-refractivity contribution in [3.63, 3.8) is 0 Å². The van der Waals surface area contributed by atoms with Gasteiger partial charge in [-0.2, -0.15) is 0 Å². The first-order valence-electron chi connectivity index (χ1n) is 5.39. The quantitative estimate of drug-likeness (QED) is 0.680. The lowest BCUT2D eigenvalue weighted by molar-refractivity contribution is 0.744. The molecule has 0 aliphatic heterocycles. The lowest BCUT2D eigenvalue weighted by Crippen LogP contribution is -2.01. The Morgan fingerprint density at radius 1 is 1.14 bits per heavy atom. The summed E-state index contributed by atoms with van der Waals surface area (Å²) in [5, 5.41) is 3.39. The highest BCUT2D eigenvalue weighted by molar-refractivity contribution is 5.44. The molecule has 1 aromatic carbocycles. The Labute approximate surface area is 86.5 Å². The fourth-order valence-corrected chi connectivity index (χ4v) is 1.37. The summed E-state index contributed by atoms with van der Waals surface area (Å²) in [5.41, 5.74) is 7.90. The smallest absolute Gasteiger partial charge is 0.0340 e. The summed E-state index contributed by atoms with van der Waals surface area (Å²) in [6.45, 7) is 3.90.